The van der Waals surface area contributed by atoms with Gasteiger partial charge in [0.25, 0.3) is 5.89 Å². The minimum absolute atomic E-state index is 0.0429. The Bertz CT molecular complexity index is 1150. The van der Waals surface area contributed by atoms with Crippen LogP contribution < -0.4 is 4.74 Å². The molecule has 4 aromatic rings. The fraction of sp³-hybridized carbons (Fsp3) is 0.227. The molecule has 1 aliphatic heterocycles. The second-order valence-electron chi connectivity index (χ2n) is 6.92. The molecule has 8 heteroatoms. The molecule has 152 valence electrons. The lowest BCUT2D eigenvalue weighted by atomic mass is 10.1. The molecular formula is C22H20N4O3S. The van der Waals surface area contributed by atoms with E-state index in [0.717, 1.165) is 22.6 Å². The van der Waals surface area contributed by atoms with Gasteiger partial charge in [-0.25, -0.2) is 4.98 Å². The average molecular weight is 420 g/mol. The summed E-state index contributed by atoms with van der Waals surface area (Å²) in [5.74, 6) is 1.78. The van der Waals surface area contributed by atoms with Crippen LogP contribution in [0.1, 0.15) is 17.4 Å². The molecule has 1 atom stereocenters. The molecule has 7 nitrogen and oxygen atoms in total. The van der Waals surface area contributed by atoms with E-state index in [0.29, 0.717) is 30.6 Å². The van der Waals surface area contributed by atoms with Gasteiger partial charge in [0.1, 0.15) is 11.9 Å². The first-order valence-electron chi connectivity index (χ1n) is 9.53. The lowest BCUT2D eigenvalue weighted by Crippen LogP contribution is -2.20. The minimum atomic E-state index is -0.0429. The van der Waals surface area contributed by atoms with Crippen LogP contribution in [0.25, 0.3) is 23.0 Å². The second kappa shape index (κ2) is 7.97. The largest absolute Gasteiger partial charge is 0.497 e. The Hall–Kier alpha value is -3.10. The fourth-order valence-electron chi connectivity index (χ4n) is 3.50. The summed E-state index contributed by atoms with van der Waals surface area (Å²) in [7, 11) is 1.66. The molecule has 0 bridgehead atoms. The number of imidazole rings is 1. The molecule has 5 rings (SSSR count). The van der Waals surface area contributed by atoms with E-state index in [1.54, 1.807) is 25.2 Å². The van der Waals surface area contributed by atoms with E-state index in [4.69, 9.17) is 14.0 Å². The highest BCUT2D eigenvalue weighted by molar-refractivity contribution is 7.98. The van der Waals surface area contributed by atoms with Crippen molar-refractivity contribution in [1.29, 1.82) is 0 Å². The number of fused-ring (bicyclic) bond motifs is 1. The third-order valence-corrected chi connectivity index (χ3v) is 5.94. The lowest BCUT2D eigenvalue weighted by Gasteiger charge is -2.25. The normalized spacial score (nSPS) is 15.7. The predicted octanol–water partition coefficient (Wildman–Crippen LogP) is 4.60. The molecule has 3 heterocycles. The number of methoxy groups -OCH3 is 1. The quantitative estimate of drug-likeness (QED) is 0.437. The van der Waals surface area contributed by atoms with Crippen molar-refractivity contribution in [2.75, 3.05) is 13.4 Å². The third kappa shape index (κ3) is 3.48. The zero-order valence-electron chi connectivity index (χ0n) is 16.6. The molecule has 1 aliphatic rings. The number of hydrogen-bond donors (Lipinski definition) is 0. The summed E-state index contributed by atoms with van der Waals surface area (Å²) >= 11 is 1.69. The predicted molar refractivity (Wildman–Crippen MR) is 113 cm³/mol. The number of thioether (sulfide) groups is 1. The maximum absolute atomic E-state index is 6.11. The smallest absolute Gasteiger partial charge is 0.278 e. The Balaban J connectivity index is 1.37. The highest BCUT2D eigenvalue weighted by atomic mass is 32.2. The molecule has 0 unspecified atom stereocenters. The average Bonchev–Trinajstić information content (AvgIpc) is 3.46. The van der Waals surface area contributed by atoms with Crippen LogP contribution in [0.5, 0.6) is 5.75 Å². The van der Waals surface area contributed by atoms with Gasteiger partial charge >= 0.3 is 0 Å². The summed E-state index contributed by atoms with van der Waals surface area (Å²) in [5, 5.41) is 4.13. The Morgan fingerprint density at radius 1 is 1.10 bits per heavy atom. The molecule has 0 aliphatic carbocycles. The number of benzene rings is 2. The molecule has 0 amide bonds. The van der Waals surface area contributed by atoms with E-state index in [1.807, 2.05) is 54.8 Å². The van der Waals surface area contributed by atoms with E-state index in [2.05, 4.69) is 19.7 Å². The molecule has 2 aromatic carbocycles. The standard InChI is InChI=1S/C22H20N4O3S/c1-27-16-7-3-14(4-8-16)19-11-26-13-23-20(18(26)12-28-19)22-24-21(25-29-22)15-5-9-17(30-2)10-6-15/h3-10,13,19H,11-12H2,1-2H3/t19-/m0/s1. The first-order valence-corrected chi connectivity index (χ1v) is 10.8. The second-order valence-corrected chi connectivity index (χ2v) is 7.80. The third-order valence-electron chi connectivity index (χ3n) is 5.19. The summed E-state index contributed by atoms with van der Waals surface area (Å²) in [4.78, 5) is 10.3. The molecule has 0 saturated heterocycles. The molecule has 0 saturated carbocycles. The minimum Gasteiger partial charge on any atom is -0.497 e. The van der Waals surface area contributed by atoms with E-state index in [-0.39, 0.29) is 6.10 Å². The van der Waals surface area contributed by atoms with Gasteiger partial charge < -0.3 is 18.6 Å². The van der Waals surface area contributed by atoms with E-state index >= 15 is 0 Å². The highest BCUT2D eigenvalue weighted by Crippen LogP contribution is 2.32. The molecule has 0 N–H and O–H groups in total. The van der Waals surface area contributed by atoms with E-state index < -0.39 is 0 Å². The van der Waals surface area contributed by atoms with Crippen molar-refractivity contribution in [3.05, 3.63) is 66.1 Å². The summed E-state index contributed by atoms with van der Waals surface area (Å²) in [6.45, 7) is 1.10. The fourth-order valence-corrected chi connectivity index (χ4v) is 3.91. The van der Waals surface area contributed by atoms with Gasteiger partial charge in [-0.1, -0.05) is 17.3 Å². The number of nitrogens with zero attached hydrogens (tertiary/aromatic N) is 4. The molecular weight excluding hydrogens is 400 g/mol. The van der Waals surface area contributed by atoms with Crippen molar-refractivity contribution < 1.29 is 14.0 Å². The van der Waals surface area contributed by atoms with Crippen LogP contribution in [0.3, 0.4) is 0 Å². The zero-order valence-corrected chi connectivity index (χ0v) is 17.4. The number of ether oxygens (including phenoxy) is 2. The highest BCUT2D eigenvalue weighted by Gasteiger charge is 2.26. The zero-order chi connectivity index (χ0) is 20.5. The van der Waals surface area contributed by atoms with E-state index in [1.165, 1.54) is 4.90 Å². The Kier molecular flexibility index (Phi) is 5.02. The van der Waals surface area contributed by atoms with Gasteiger partial charge in [-0.2, -0.15) is 4.98 Å². The number of aromatic nitrogens is 4. The van der Waals surface area contributed by atoms with Crippen LogP contribution in [0.15, 0.2) is 64.3 Å². The maximum atomic E-state index is 6.11. The van der Waals surface area contributed by atoms with Crippen LogP contribution in [0.2, 0.25) is 0 Å². The topological polar surface area (TPSA) is 75.2 Å². The summed E-state index contributed by atoms with van der Waals surface area (Å²) in [5.41, 5.74) is 3.62. The summed E-state index contributed by atoms with van der Waals surface area (Å²) in [6.07, 6.45) is 3.81. The monoisotopic (exact) mass is 420 g/mol. The molecule has 2 aromatic heterocycles. The first-order chi connectivity index (χ1) is 14.7. The van der Waals surface area contributed by atoms with Gasteiger partial charge in [0, 0.05) is 10.5 Å². The van der Waals surface area contributed by atoms with Gasteiger partial charge in [0.2, 0.25) is 5.82 Å². The lowest BCUT2D eigenvalue weighted by molar-refractivity contribution is 0.00328. The first kappa shape index (κ1) is 18.9. The van der Waals surface area contributed by atoms with Crippen molar-refractivity contribution in [3.63, 3.8) is 0 Å². The summed E-state index contributed by atoms with van der Waals surface area (Å²) in [6, 6.07) is 16.0. The van der Waals surface area contributed by atoms with Crippen LogP contribution in [0.4, 0.5) is 0 Å². The number of hydrogen-bond acceptors (Lipinski definition) is 7. The van der Waals surface area contributed by atoms with Crippen molar-refractivity contribution in [2.24, 2.45) is 0 Å². The molecule has 0 radical (unpaired) electrons. The van der Waals surface area contributed by atoms with Gasteiger partial charge in [-0.15, -0.1) is 11.8 Å². The van der Waals surface area contributed by atoms with Gasteiger partial charge in [-0.3, -0.25) is 0 Å². The molecule has 0 fully saturated rings. The Morgan fingerprint density at radius 2 is 1.90 bits per heavy atom. The Labute approximate surface area is 178 Å². The van der Waals surface area contributed by atoms with Crippen molar-refractivity contribution >= 4 is 11.8 Å². The van der Waals surface area contributed by atoms with Crippen LogP contribution in [-0.4, -0.2) is 33.1 Å². The van der Waals surface area contributed by atoms with Crippen molar-refractivity contribution in [3.8, 4) is 28.7 Å². The van der Waals surface area contributed by atoms with Crippen molar-refractivity contribution in [1.82, 2.24) is 19.7 Å². The van der Waals surface area contributed by atoms with Gasteiger partial charge in [0.15, 0.2) is 5.69 Å². The SMILES string of the molecule is COc1ccc([C@@H]2Cn3cnc(-c4nc(-c5ccc(SC)cc5)no4)c3CO2)cc1. The van der Waals surface area contributed by atoms with Crippen molar-refractivity contribution in [2.45, 2.75) is 24.2 Å². The van der Waals surface area contributed by atoms with Gasteiger partial charge in [-0.05, 0) is 48.2 Å². The van der Waals surface area contributed by atoms with Gasteiger partial charge in [0.05, 0.1) is 32.3 Å². The van der Waals surface area contributed by atoms with Crippen LogP contribution >= 0.6 is 11.8 Å². The molecule has 0 spiro atoms. The molecule has 30 heavy (non-hydrogen) atoms. The maximum Gasteiger partial charge on any atom is 0.278 e. The van der Waals surface area contributed by atoms with Crippen LogP contribution in [-0.2, 0) is 17.9 Å². The van der Waals surface area contributed by atoms with E-state index in [9.17, 15) is 0 Å². The number of rotatable bonds is 5. The Morgan fingerprint density at radius 3 is 2.63 bits per heavy atom. The van der Waals surface area contributed by atoms with Crippen LogP contribution in [0, 0.1) is 0 Å². The summed E-state index contributed by atoms with van der Waals surface area (Å²) < 4.78 is 18.9.